The summed E-state index contributed by atoms with van der Waals surface area (Å²) in [5.41, 5.74) is 3.59. The average molecular weight is 353 g/mol. The maximum absolute atomic E-state index is 13.1. The molecule has 0 saturated carbocycles. The van der Waals surface area contributed by atoms with E-state index in [1.165, 1.54) is 4.31 Å². The predicted octanol–water partition coefficient (Wildman–Crippen LogP) is 0.973. The van der Waals surface area contributed by atoms with Crippen LogP contribution in [0.4, 0.5) is 0 Å². The molecule has 1 fully saturated rings. The second-order valence-electron chi connectivity index (χ2n) is 6.40. The van der Waals surface area contributed by atoms with Crippen molar-refractivity contribution in [3.8, 4) is 0 Å². The van der Waals surface area contributed by atoms with Crippen LogP contribution in [0.2, 0.25) is 0 Å². The molecule has 0 aromatic heterocycles. The molecule has 0 aliphatic carbocycles. The smallest absolute Gasteiger partial charge is 0.243 e. The number of nitrogens with zero attached hydrogens (tertiary/aromatic N) is 2. The van der Waals surface area contributed by atoms with E-state index in [-0.39, 0.29) is 12.5 Å². The van der Waals surface area contributed by atoms with Crippen molar-refractivity contribution in [2.45, 2.75) is 32.6 Å². The summed E-state index contributed by atoms with van der Waals surface area (Å²) in [7, 11) is -1.82. The number of benzene rings is 1. The molecule has 0 atom stereocenters. The van der Waals surface area contributed by atoms with Crippen LogP contribution in [-0.4, -0.2) is 63.3 Å². The zero-order valence-electron chi connectivity index (χ0n) is 15.1. The second-order valence-corrected chi connectivity index (χ2v) is 8.28. The van der Waals surface area contributed by atoms with E-state index in [1.807, 2.05) is 33.8 Å². The number of hydrogen-bond acceptors (Lipinski definition) is 4. The van der Waals surface area contributed by atoms with Gasteiger partial charge in [0.1, 0.15) is 0 Å². The zero-order valence-corrected chi connectivity index (χ0v) is 16.0. The highest BCUT2D eigenvalue weighted by atomic mass is 32.2. The van der Waals surface area contributed by atoms with Crippen molar-refractivity contribution >= 4 is 15.9 Å². The summed E-state index contributed by atoms with van der Waals surface area (Å²) >= 11 is 0. The summed E-state index contributed by atoms with van der Waals surface area (Å²) in [6, 6.07) is 2.03. The molecule has 0 unspecified atom stereocenters. The molecule has 24 heavy (non-hydrogen) atoms. The highest BCUT2D eigenvalue weighted by Crippen LogP contribution is 2.29. The Labute approximate surface area is 144 Å². The summed E-state index contributed by atoms with van der Waals surface area (Å²) in [5.74, 6) is 0.00769. The van der Waals surface area contributed by atoms with Gasteiger partial charge in [-0.3, -0.25) is 4.79 Å². The van der Waals surface area contributed by atoms with Crippen molar-refractivity contribution in [2.75, 3.05) is 39.8 Å². The van der Waals surface area contributed by atoms with E-state index in [9.17, 15) is 13.2 Å². The van der Waals surface area contributed by atoms with Crippen molar-refractivity contribution in [1.29, 1.82) is 0 Å². The topological polar surface area (TPSA) is 69.7 Å². The highest BCUT2D eigenvalue weighted by molar-refractivity contribution is 7.89. The van der Waals surface area contributed by atoms with Gasteiger partial charge in [-0.05, 0) is 57.0 Å². The van der Waals surface area contributed by atoms with Crippen LogP contribution in [-0.2, 0) is 14.8 Å². The fourth-order valence-electron chi connectivity index (χ4n) is 3.14. The van der Waals surface area contributed by atoms with Gasteiger partial charge in [-0.2, -0.15) is 4.31 Å². The number of hydrogen-bond donors (Lipinski definition) is 1. The van der Waals surface area contributed by atoms with Crippen LogP contribution in [0, 0.1) is 27.7 Å². The van der Waals surface area contributed by atoms with Crippen molar-refractivity contribution < 1.29 is 13.2 Å². The van der Waals surface area contributed by atoms with Crippen LogP contribution in [0.25, 0.3) is 0 Å². The van der Waals surface area contributed by atoms with E-state index in [2.05, 4.69) is 5.32 Å². The van der Waals surface area contributed by atoms with Crippen LogP contribution in [0.1, 0.15) is 22.3 Å². The Morgan fingerprint density at radius 1 is 1.04 bits per heavy atom. The zero-order chi connectivity index (χ0) is 18.1. The van der Waals surface area contributed by atoms with Gasteiger partial charge < -0.3 is 10.2 Å². The summed E-state index contributed by atoms with van der Waals surface area (Å²) < 4.78 is 27.8. The summed E-state index contributed by atoms with van der Waals surface area (Å²) in [5, 5.41) is 2.84. The molecule has 1 heterocycles. The summed E-state index contributed by atoms with van der Waals surface area (Å²) in [6.45, 7) is 9.42. The average Bonchev–Trinajstić information content (AvgIpc) is 2.53. The molecule has 1 aromatic carbocycles. The van der Waals surface area contributed by atoms with Crippen LogP contribution < -0.4 is 5.32 Å². The summed E-state index contributed by atoms with van der Waals surface area (Å²) in [4.78, 5) is 14.1. The molecule has 1 saturated heterocycles. The predicted molar refractivity (Wildman–Crippen MR) is 94.7 cm³/mol. The Morgan fingerprint density at radius 3 is 2.00 bits per heavy atom. The van der Waals surface area contributed by atoms with Crippen molar-refractivity contribution in [1.82, 2.24) is 14.5 Å². The van der Waals surface area contributed by atoms with Crippen LogP contribution in [0.5, 0.6) is 0 Å². The van der Waals surface area contributed by atoms with Crippen molar-refractivity contribution in [3.05, 3.63) is 28.3 Å². The summed E-state index contributed by atoms with van der Waals surface area (Å²) in [6.07, 6.45) is 0. The molecule has 0 spiro atoms. The number of amides is 1. The number of nitrogens with one attached hydrogen (secondary N) is 1. The lowest BCUT2D eigenvalue weighted by molar-refractivity contribution is -0.131. The largest absolute Gasteiger partial charge is 0.339 e. The Hall–Kier alpha value is -1.44. The van der Waals surface area contributed by atoms with Gasteiger partial charge in [0, 0.05) is 26.2 Å². The molecule has 1 amide bonds. The third kappa shape index (κ3) is 3.48. The number of aryl methyl sites for hydroxylation is 2. The number of carbonyl (C=O) groups is 1. The van der Waals surface area contributed by atoms with Gasteiger partial charge in [0.15, 0.2) is 0 Å². The van der Waals surface area contributed by atoms with E-state index in [0.717, 1.165) is 22.3 Å². The first-order valence-electron chi connectivity index (χ1n) is 8.20. The van der Waals surface area contributed by atoms with Gasteiger partial charge in [-0.15, -0.1) is 0 Å². The van der Waals surface area contributed by atoms with E-state index in [1.54, 1.807) is 11.9 Å². The van der Waals surface area contributed by atoms with Crippen LogP contribution in [0.3, 0.4) is 0 Å². The van der Waals surface area contributed by atoms with Gasteiger partial charge in [0.05, 0.1) is 11.4 Å². The lowest BCUT2D eigenvalue weighted by atomic mass is 10.0. The highest BCUT2D eigenvalue weighted by Gasteiger charge is 2.32. The molecule has 2 rings (SSSR count). The van der Waals surface area contributed by atoms with Gasteiger partial charge in [0.2, 0.25) is 15.9 Å². The number of rotatable bonds is 4. The molecule has 0 bridgehead atoms. The minimum atomic E-state index is -3.55. The van der Waals surface area contributed by atoms with E-state index in [4.69, 9.17) is 0 Å². The lowest BCUT2D eigenvalue weighted by Gasteiger charge is -2.34. The lowest BCUT2D eigenvalue weighted by Crippen LogP contribution is -2.52. The van der Waals surface area contributed by atoms with Gasteiger partial charge >= 0.3 is 0 Å². The Morgan fingerprint density at radius 2 is 1.54 bits per heavy atom. The minimum absolute atomic E-state index is 0.00769. The number of sulfonamides is 1. The molecule has 6 nitrogen and oxygen atoms in total. The van der Waals surface area contributed by atoms with Gasteiger partial charge in [0.25, 0.3) is 0 Å². The van der Waals surface area contributed by atoms with Gasteiger partial charge in [-0.25, -0.2) is 8.42 Å². The molecule has 7 heteroatoms. The minimum Gasteiger partial charge on any atom is -0.339 e. The maximum Gasteiger partial charge on any atom is 0.243 e. The Kier molecular flexibility index (Phi) is 5.67. The monoisotopic (exact) mass is 353 g/mol. The van der Waals surface area contributed by atoms with Crippen LogP contribution >= 0.6 is 0 Å². The van der Waals surface area contributed by atoms with Crippen LogP contribution in [0.15, 0.2) is 11.0 Å². The number of carbonyl (C=O) groups excluding carboxylic acids is 1. The number of piperazine rings is 1. The molecule has 134 valence electrons. The third-order valence-electron chi connectivity index (χ3n) is 4.81. The SMILES string of the molecule is CNCC(=O)N1CCN(S(=O)(=O)c2c(C)c(C)cc(C)c2C)CC1. The standard InChI is InChI=1S/C17H27N3O3S/c1-12-10-13(2)15(4)17(14(12)3)24(22,23)20-8-6-19(7-9-20)16(21)11-18-5/h10,18H,6-9,11H2,1-5H3. The molecule has 1 N–H and O–H groups in total. The third-order valence-corrected chi connectivity index (χ3v) is 6.99. The first-order chi connectivity index (χ1) is 11.2. The van der Waals surface area contributed by atoms with E-state index < -0.39 is 10.0 Å². The molecule has 1 aliphatic rings. The fourth-order valence-corrected chi connectivity index (χ4v) is 5.14. The molecule has 1 aliphatic heterocycles. The fraction of sp³-hybridized carbons (Fsp3) is 0.588. The molecular formula is C17H27N3O3S. The van der Waals surface area contributed by atoms with E-state index >= 15 is 0 Å². The second kappa shape index (κ2) is 7.21. The molecule has 1 aromatic rings. The van der Waals surface area contributed by atoms with Gasteiger partial charge in [-0.1, -0.05) is 6.07 Å². The normalized spacial score (nSPS) is 16.5. The quantitative estimate of drug-likeness (QED) is 0.876. The van der Waals surface area contributed by atoms with Crippen molar-refractivity contribution in [3.63, 3.8) is 0 Å². The maximum atomic E-state index is 13.1. The van der Waals surface area contributed by atoms with E-state index in [0.29, 0.717) is 31.1 Å². The van der Waals surface area contributed by atoms with Crippen molar-refractivity contribution in [2.24, 2.45) is 0 Å². The Bertz CT molecular complexity index is 710. The molecular weight excluding hydrogens is 326 g/mol. The Balaban J connectivity index is 2.26. The first kappa shape index (κ1) is 18.9. The first-order valence-corrected chi connectivity index (χ1v) is 9.64. The number of likely N-dealkylation sites (N-methyl/N-ethyl adjacent to an activating group) is 1. The molecule has 0 radical (unpaired) electrons.